The summed E-state index contributed by atoms with van der Waals surface area (Å²) in [5, 5.41) is 3.16. The third-order valence-corrected chi connectivity index (χ3v) is 3.10. The lowest BCUT2D eigenvalue weighted by atomic mass is 10.4. The van der Waals surface area contributed by atoms with E-state index in [-0.39, 0.29) is 0 Å². The Kier molecular flexibility index (Phi) is 4.42. The van der Waals surface area contributed by atoms with Crippen molar-refractivity contribution in [2.75, 3.05) is 20.6 Å². The van der Waals surface area contributed by atoms with Crippen LogP contribution in [-0.4, -0.2) is 25.5 Å². The van der Waals surface area contributed by atoms with E-state index >= 15 is 0 Å². The second kappa shape index (κ2) is 5.37. The molecule has 0 fully saturated rings. The first kappa shape index (κ1) is 10.7. The number of nitrogens with one attached hydrogen (secondary N) is 1. The van der Waals surface area contributed by atoms with Crippen LogP contribution in [-0.2, 0) is 13.1 Å². The minimum absolute atomic E-state index is 0.987. The third-order valence-electron chi connectivity index (χ3n) is 2.03. The lowest BCUT2D eigenvalue weighted by Gasteiger charge is -2.11. The van der Waals surface area contributed by atoms with E-state index in [9.17, 15) is 0 Å². The second-order valence-corrected chi connectivity index (χ2v) is 4.48. The molecule has 1 aromatic heterocycles. The highest BCUT2D eigenvalue weighted by molar-refractivity contribution is 7.11. The van der Waals surface area contributed by atoms with Gasteiger partial charge >= 0.3 is 0 Å². The summed E-state index contributed by atoms with van der Waals surface area (Å²) < 4.78 is 0. The highest BCUT2D eigenvalue weighted by Gasteiger charge is 2.01. The molecular formula is C10H18N2S. The van der Waals surface area contributed by atoms with Crippen molar-refractivity contribution in [2.24, 2.45) is 0 Å². The van der Waals surface area contributed by atoms with Crippen molar-refractivity contribution in [3.8, 4) is 0 Å². The Bertz CT molecular complexity index is 245. The van der Waals surface area contributed by atoms with E-state index in [2.05, 4.69) is 36.3 Å². The highest BCUT2D eigenvalue weighted by Crippen LogP contribution is 2.17. The number of nitrogens with zero attached hydrogens (tertiary/aromatic N) is 1. The summed E-state index contributed by atoms with van der Waals surface area (Å²) in [5.74, 6) is 0. The molecule has 0 atom stereocenters. The van der Waals surface area contributed by atoms with Gasteiger partial charge < -0.3 is 10.2 Å². The lowest BCUT2D eigenvalue weighted by Crippen LogP contribution is -2.15. The smallest absolute Gasteiger partial charge is 0.0324 e. The molecule has 0 spiro atoms. The van der Waals surface area contributed by atoms with Crippen LogP contribution in [0.2, 0.25) is 0 Å². The summed E-state index contributed by atoms with van der Waals surface area (Å²) in [6.45, 7) is 5.35. The molecule has 1 heterocycles. The first-order chi connectivity index (χ1) is 6.26. The lowest BCUT2D eigenvalue weighted by molar-refractivity contribution is 0.349. The molecule has 0 bridgehead atoms. The molecule has 0 amide bonds. The topological polar surface area (TPSA) is 15.3 Å². The van der Waals surface area contributed by atoms with Crippen LogP contribution in [0.5, 0.6) is 0 Å². The quantitative estimate of drug-likeness (QED) is 0.777. The second-order valence-electron chi connectivity index (χ2n) is 3.23. The SMILES string of the molecule is CCN(C)Cc1ccc(CNC)s1. The first-order valence-corrected chi connectivity index (χ1v) is 5.48. The molecule has 0 aliphatic heterocycles. The molecule has 0 unspecified atom stereocenters. The Balaban J connectivity index is 2.48. The van der Waals surface area contributed by atoms with Crippen LogP contribution in [0.15, 0.2) is 12.1 Å². The standard InChI is InChI=1S/C10H18N2S/c1-4-12(3)8-10-6-5-9(13-10)7-11-2/h5-6,11H,4,7-8H2,1-3H3. The minimum Gasteiger partial charge on any atom is -0.315 e. The average molecular weight is 198 g/mol. The van der Waals surface area contributed by atoms with Crippen molar-refractivity contribution in [2.45, 2.75) is 20.0 Å². The van der Waals surface area contributed by atoms with Crippen LogP contribution in [0.3, 0.4) is 0 Å². The zero-order chi connectivity index (χ0) is 9.68. The van der Waals surface area contributed by atoms with Gasteiger partial charge in [0.05, 0.1) is 0 Å². The Morgan fingerprint density at radius 3 is 2.69 bits per heavy atom. The van der Waals surface area contributed by atoms with Gasteiger partial charge in [-0.05, 0) is 32.8 Å². The van der Waals surface area contributed by atoms with Gasteiger partial charge in [-0.1, -0.05) is 6.92 Å². The maximum Gasteiger partial charge on any atom is 0.0324 e. The molecule has 13 heavy (non-hydrogen) atoms. The van der Waals surface area contributed by atoms with Gasteiger partial charge in [0.15, 0.2) is 0 Å². The summed E-state index contributed by atoms with van der Waals surface area (Å²) in [6.07, 6.45) is 0. The Hall–Kier alpha value is -0.380. The molecule has 0 aliphatic carbocycles. The van der Waals surface area contributed by atoms with E-state index in [4.69, 9.17) is 0 Å². The summed E-state index contributed by atoms with van der Waals surface area (Å²) in [4.78, 5) is 5.19. The van der Waals surface area contributed by atoms with Crippen molar-refractivity contribution in [1.29, 1.82) is 0 Å². The minimum atomic E-state index is 0.987. The Morgan fingerprint density at radius 2 is 2.08 bits per heavy atom. The summed E-state index contributed by atoms with van der Waals surface area (Å²) in [7, 11) is 4.13. The fraction of sp³-hybridized carbons (Fsp3) is 0.600. The molecular weight excluding hydrogens is 180 g/mol. The van der Waals surface area contributed by atoms with Crippen LogP contribution < -0.4 is 5.32 Å². The zero-order valence-corrected chi connectivity index (χ0v) is 9.45. The Labute approximate surface area is 84.6 Å². The number of hydrogen-bond acceptors (Lipinski definition) is 3. The molecule has 74 valence electrons. The van der Waals surface area contributed by atoms with Crippen LogP contribution in [0, 0.1) is 0 Å². The van der Waals surface area contributed by atoms with Crippen LogP contribution in [0.25, 0.3) is 0 Å². The van der Waals surface area contributed by atoms with E-state index < -0.39 is 0 Å². The van der Waals surface area contributed by atoms with Crippen molar-refractivity contribution in [1.82, 2.24) is 10.2 Å². The maximum absolute atomic E-state index is 3.16. The van der Waals surface area contributed by atoms with Crippen molar-refractivity contribution in [3.05, 3.63) is 21.9 Å². The molecule has 0 aliphatic rings. The first-order valence-electron chi connectivity index (χ1n) is 4.67. The van der Waals surface area contributed by atoms with E-state index in [1.807, 2.05) is 18.4 Å². The summed E-state index contributed by atoms with van der Waals surface area (Å²) >= 11 is 1.90. The molecule has 0 saturated carbocycles. The van der Waals surface area contributed by atoms with Crippen molar-refractivity contribution < 1.29 is 0 Å². The van der Waals surface area contributed by atoms with Gasteiger partial charge in [0.1, 0.15) is 0 Å². The number of thiophene rings is 1. The molecule has 3 heteroatoms. The molecule has 1 N–H and O–H groups in total. The molecule has 0 saturated heterocycles. The highest BCUT2D eigenvalue weighted by atomic mass is 32.1. The van der Waals surface area contributed by atoms with Crippen LogP contribution >= 0.6 is 11.3 Å². The Morgan fingerprint density at radius 1 is 1.38 bits per heavy atom. The van der Waals surface area contributed by atoms with Gasteiger partial charge in [0.2, 0.25) is 0 Å². The van der Waals surface area contributed by atoms with Gasteiger partial charge in [-0.15, -0.1) is 11.3 Å². The average Bonchev–Trinajstić information content (AvgIpc) is 2.53. The normalized spacial score (nSPS) is 11.1. The maximum atomic E-state index is 3.16. The predicted molar refractivity (Wildman–Crippen MR) is 59.1 cm³/mol. The number of hydrogen-bond donors (Lipinski definition) is 1. The molecule has 0 aromatic carbocycles. The monoisotopic (exact) mass is 198 g/mol. The summed E-state index contributed by atoms with van der Waals surface area (Å²) in [5.41, 5.74) is 0. The summed E-state index contributed by atoms with van der Waals surface area (Å²) in [6, 6.07) is 4.43. The van der Waals surface area contributed by atoms with E-state index in [0.717, 1.165) is 19.6 Å². The largest absolute Gasteiger partial charge is 0.315 e. The van der Waals surface area contributed by atoms with Gasteiger partial charge in [0.25, 0.3) is 0 Å². The van der Waals surface area contributed by atoms with Gasteiger partial charge in [-0.2, -0.15) is 0 Å². The van der Waals surface area contributed by atoms with Gasteiger partial charge in [-0.3, -0.25) is 0 Å². The number of rotatable bonds is 5. The third kappa shape index (κ3) is 3.46. The van der Waals surface area contributed by atoms with E-state index in [1.54, 1.807) is 0 Å². The van der Waals surface area contributed by atoms with Gasteiger partial charge in [-0.25, -0.2) is 0 Å². The molecule has 0 radical (unpaired) electrons. The molecule has 2 nitrogen and oxygen atoms in total. The fourth-order valence-corrected chi connectivity index (χ4v) is 2.26. The van der Waals surface area contributed by atoms with Crippen LogP contribution in [0.1, 0.15) is 16.7 Å². The van der Waals surface area contributed by atoms with E-state index in [1.165, 1.54) is 9.75 Å². The zero-order valence-electron chi connectivity index (χ0n) is 8.63. The van der Waals surface area contributed by atoms with Gasteiger partial charge in [0, 0.05) is 22.8 Å². The van der Waals surface area contributed by atoms with Crippen molar-refractivity contribution in [3.63, 3.8) is 0 Å². The van der Waals surface area contributed by atoms with Crippen LogP contribution in [0.4, 0.5) is 0 Å². The molecule has 1 aromatic rings. The van der Waals surface area contributed by atoms with Crippen molar-refractivity contribution >= 4 is 11.3 Å². The van der Waals surface area contributed by atoms with E-state index in [0.29, 0.717) is 0 Å². The predicted octanol–water partition coefficient (Wildman–Crippen LogP) is 1.92. The fourth-order valence-electron chi connectivity index (χ4n) is 1.15. The molecule has 1 rings (SSSR count).